The molecule has 9 nitrogen and oxygen atoms in total. The summed E-state index contributed by atoms with van der Waals surface area (Å²) in [5.74, 6) is -0.0900. The Bertz CT molecular complexity index is 896. The largest absolute Gasteiger partial charge is 0.481 e. The van der Waals surface area contributed by atoms with Crippen LogP contribution in [0.15, 0.2) is 30.3 Å². The van der Waals surface area contributed by atoms with Crippen LogP contribution in [-0.2, 0) is 15.1 Å². The van der Waals surface area contributed by atoms with Gasteiger partial charge in [-0.3, -0.25) is 4.79 Å². The van der Waals surface area contributed by atoms with Crippen molar-refractivity contribution in [2.24, 2.45) is 0 Å². The summed E-state index contributed by atoms with van der Waals surface area (Å²) in [6.45, 7) is 1.19. The van der Waals surface area contributed by atoms with Crippen LogP contribution in [0.25, 0.3) is 0 Å². The first-order valence-corrected chi connectivity index (χ1v) is 8.00. The van der Waals surface area contributed by atoms with Crippen LogP contribution >= 0.6 is 0 Å². The Morgan fingerprint density at radius 2 is 1.68 bits per heavy atom. The molecule has 0 aliphatic rings. The number of hydrogen-bond donors (Lipinski definition) is 1. The maximum absolute atomic E-state index is 11.9. The second-order valence-electron chi connectivity index (χ2n) is 4.58. The smallest absolute Gasteiger partial charge is 0.328 e. The molecule has 25 heavy (non-hydrogen) atoms. The standard InChI is InChI=1S/C15H15N3O6S/c1-9(25(20)21)14(19)16-10-6-4-5-7-11(10)24-15-17-12(22-2)8-13(18-15)23-3/h4-8H,1-3H3,(H,16,19). The van der Waals surface area contributed by atoms with Crippen molar-refractivity contribution in [2.75, 3.05) is 19.5 Å². The van der Waals surface area contributed by atoms with E-state index in [0.29, 0.717) is 0 Å². The zero-order chi connectivity index (χ0) is 18.4. The van der Waals surface area contributed by atoms with Crippen LogP contribution in [0.5, 0.6) is 23.5 Å². The highest BCUT2D eigenvalue weighted by Gasteiger charge is 2.14. The number of carbonyl (C=O) groups excluding carboxylic acids is 1. The molecule has 2 rings (SSSR count). The molecule has 2 aromatic rings. The van der Waals surface area contributed by atoms with E-state index in [4.69, 9.17) is 14.2 Å². The summed E-state index contributed by atoms with van der Waals surface area (Å²) < 4.78 is 37.4. The van der Waals surface area contributed by atoms with Gasteiger partial charge in [0.05, 0.1) is 26.0 Å². The molecule has 0 aliphatic heterocycles. The van der Waals surface area contributed by atoms with Gasteiger partial charge in [0, 0.05) is 0 Å². The Morgan fingerprint density at radius 3 is 2.24 bits per heavy atom. The number of methoxy groups -OCH3 is 2. The molecule has 1 amide bonds. The summed E-state index contributed by atoms with van der Waals surface area (Å²) >= 11 is 0. The third-order valence-corrected chi connectivity index (χ3v) is 3.67. The maximum Gasteiger partial charge on any atom is 0.328 e. The van der Waals surface area contributed by atoms with Crippen LogP contribution in [0.3, 0.4) is 0 Å². The lowest BCUT2D eigenvalue weighted by Gasteiger charge is -2.11. The van der Waals surface area contributed by atoms with Gasteiger partial charge in [0.25, 0.3) is 5.91 Å². The van der Waals surface area contributed by atoms with Gasteiger partial charge in [0.2, 0.25) is 22.1 Å². The average molecular weight is 365 g/mol. The van der Waals surface area contributed by atoms with Crippen molar-refractivity contribution in [3.05, 3.63) is 30.3 Å². The SMILES string of the molecule is COc1cc(OC)nc(Oc2ccccc2NC(=O)C(C)=S(=O)=O)n1. The number of benzene rings is 1. The number of nitrogens with zero attached hydrogens (tertiary/aromatic N) is 2. The van der Waals surface area contributed by atoms with Crippen molar-refractivity contribution >= 4 is 26.8 Å². The van der Waals surface area contributed by atoms with Crippen LogP contribution in [0.1, 0.15) is 6.92 Å². The number of para-hydroxylation sites is 2. The molecule has 0 bridgehead atoms. The molecular formula is C15H15N3O6S. The Morgan fingerprint density at radius 1 is 1.08 bits per heavy atom. The van der Waals surface area contributed by atoms with Crippen LogP contribution in [0.2, 0.25) is 0 Å². The second kappa shape index (κ2) is 8.11. The predicted molar refractivity (Wildman–Crippen MR) is 89.9 cm³/mol. The number of hydrogen-bond acceptors (Lipinski definition) is 8. The summed E-state index contributed by atoms with van der Waals surface area (Å²) in [5.41, 5.74) is 0.252. The van der Waals surface area contributed by atoms with Crippen LogP contribution in [0.4, 0.5) is 5.69 Å². The van der Waals surface area contributed by atoms with Gasteiger partial charge < -0.3 is 19.5 Å². The fraction of sp³-hybridized carbons (Fsp3) is 0.200. The van der Waals surface area contributed by atoms with Crippen molar-refractivity contribution < 1.29 is 27.4 Å². The lowest BCUT2D eigenvalue weighted by atomic mass is 10.3. The van der Waals surface area contributed by atoms with E-state index < -0.39 is 16.2 Å². The zero-order valence-corrected chi connectivity index (χ0v) is 14.5. The Balaban J connectivity index is 2.33. The minimum atomic E-state index is -2.61. The molecule has 0 saturated carbocycles. The monoisotopic (exact) mass is 365 g/mol. The highest BCUT2D eigenvalue weighted by molar-refractivity contribution is 7.74. The lowest BCUT2D eigenvalue weighted by Crippen LogP contribution is -2.21. The highest BCUT2D eigenvalue weighted by atomic mass is 32.2. The van der Waals surface area contributed by atoms with Gasteiger partial charge in [-0.15, -0.1) is 0 Å². The topological polar surface area (TPSA) is 117 Å². The van der Waals surface area contributed by atoms with Gasteiger partial charge in [-0.05, 0) is 19.1 Å². The highest BCUT2D eigenvalue weighted by Crippen LogP contribution is 2.29. The number of aromatic nitrogens is 2. The van der Waals surface area contributed by atoms with E-state index in [2.05, 4.69) is 15.3 Å². The van der Waals surface area contributed by atoms with E-state index in [1.807, 2.05) is 0 Å². The van der Waals surface area contributed by atoms with E-state index in [0.717, 1.165) is 0 Å². The Kier molecular flexibility index (Phi) is 5.90. The Hall–Kier alpha value is -3.14. The molecule has 0 saturated heterocycles. The van der Waals surface area contributed by atoms with E-state index in [1.165, 1.54) is 27.2 Å². The number of rotatable bonds is 6. The summed E-state index contributed by atoms with van der Waals surface area (Å²) in [6.07, 6.45) is 0. The van der Waals surface area contributed by atoms with E-state index in [-0.39, 0.29) is 34.1 Å². The number of nitrogens with one attached hydrogen (secondary N) is 1. The first kappa shape index (κ1) is 18.2. The van der Waals surface area contributed by atoms with E-state index >= 15 is 0 Å². The number of ether oxygens (including phenoxy) is 3. The van der Waals surface area contributed by atoms with Gasteiger partial charge in [0.1, 0.15) is 4.86 Å². The van der Waals surface area contributed by atoms with Crippen molar-refractivity contribution in [2.45, 2.75) is 6.92 Å². The second-order valence-corrected chi connectivity index (χ2v) is 5.66. The quantitative estimate of drug-likeness (QED) is 0.761. The normalized spacial score (nSPS) is 9.88. The third-order valence-electron chi connectivity index (χ3n) is 2.98. The minimum absolute atomic E-state index is 0.0639. The van der Waals surface area contributed by atoms with Gasteiger partial charge in [-0.2, -0.15) is 18.4 Å². The van der Waals surface area contributed by atoms with Crippen molar-refractivity contribution in [1.29, 1.82) is 0 Å². The van der Waals surface area contributed by atoms with Gasteiger partial charge in [-0.1, -0.05) is 12.1 Å². The Labute approximate surface area is 145 Å². The molecule has 1 heterocycles. The predicted octanol–water partition coefficient (Wildman–Crippen LogP) is 1.30. The fourth-order valence-electron chi connectivity index (χ4n) is 1.68. The molecule has 0 unspecified atom stereocenters. The molecule has 1 aromatic carbocycles. The minimum Gasteiger partial charge on any atom is -0.481 e. The molecule has 0 atom stereocenters. The molecular weight excluding hydrogens is 350 g/mol. The summed E-state index contributed by atoms with van der Waals surface area (Å²) in [4.78, 5) is 19.6. The lowest BCUT2D eigenvalue weighted by molar-refractivity contribution is -0.110. The summed E-state index contributed by atoms with van der Waals surface area (Å²) in [5, 5.41) is 2.46. The molecule has 10 heteroatoms. The molecule has 1 N–H and O–H groups in total. The number of amides is 1. The van der Waals surface area contributed by atoms with Crippen LogP contribution in [0, 0.1) is 0 Å². The van der Waals surface area contributed by atoms with E-state index in [1.54, 1.807) is 24.3 Å². The fourth-order valence-corrected chi connectivity index (χ4v) is 1.88. The van der Waals surface area contributed by atoms with E-state index in [9.17, 15) is 13.2 Å². The first-order valence-electron chi connectivity index (χ1n) is 6.92. The number of carbonyl (C=O) groups is 1. The molecule has 0 spiro atoms. The van der Waals surface area contributed by atoms with Gasteiger partial charge in [-0.25, -0.2) is 0 Å². The van der Waals surface area contributed by atoms with Crippen LogP contribution in [-0.4, -0.2) is 43.4 Å². The molecule has 132 valence electrons. The molecule has 0 aliphatic carbocycles. The molecule has 0 radical (unpaired) electrons. The molecule has 1 aromatic heterocycles. The van der Waals surface area contributed by atoms with Crippen LogP contribution < -0.4 is 19.5 Å². The zero-order valence-electron chi connectivity index (χ0n) is 13.6. The summed E-state index contributed by atoms with van der Waals surface area (Å²) in [6, 6.07) is 7.85. The third kappa shape index (κ3) is 4.67. The van der Waals surface area contributed by atoms with Gasteiger partial charge >= 0.3 is 6.01 Å². The van der Waals surface area contributed by atoms with Crippen molar-refractivity contribution in [1.82, 2.24) is 9.97 Å². The molecule has 0 fully saturated rings. The van der Waals surface area contributed by atoms with Crippen molar-refractivity contribution in [3.63, 3.8) is 0 Å². The summed E-state index contributed by atoms with van der Waals surface area (Å²) in [7, 11) is 0.253. The van der Waals surface area contributed by atoms with Crippen molar-refractivity contribution in [3.8, 4) is 23.5 Å². The first-order chi connectivity index (χ1) is 11.9. The average Bonchev–Trinajstić information content (AvgIpc) is 2.62. The number of anilines is 1. The maximum atomic E-state index is 11.9. The van der Waals surface area contributed by atoms with Gasteiger partial charge in [0.15, 0.2) is 5.75 Å².